The number of rotatable bonds is 4. The summed E-state index contributed by atoms with van der Waals surface area (Å²) in [4.78, 5) is 37.6. The summed E-state index contributed by atoms with van der Waals surface area (Å²) in [7, 11) is 0. The maximum Gasteiger partial charge on any atom is 0.303 e. The first-order chi connectivity index (χ1) is 19.3. The van der Waals surface area contributed by atoms with E-state index in [1.54, 1.807) is 18.8 Å². The molecule has 5 aliphatic rings. The third-order valence-corrected chi connectivity index (χ3v) is 11.0. The van der Waals surface area contributed by atoms with E-state index in [2.05, 4.69) is 33.8 Å². The third-order valence-electron chi connectivity index (χ3n) is 11.0. The second kappa shape index (κ2) is 9.48. The van der Waals surface area contributed by atoms with Crippen LogP contribution in [0.2, 0.25) is 0 Å². The molecule has 9 nitrogen and oxygen atoms in total. The zero-order valence-corrected chi connectivity index (χ0v) is 24.8. The normalized spacial score (nSPS) is 44.2. The van der Waals surface area contributed by atoms with Crippen LogP contribution < -0.4 is 0 Å². The summed E-state index contributed by atoms with van der Waals surface area (Å²) in [6, 6.07) is 1.98. The van der Waals surface area contributed by atoms with Gasteiger partial charge < -0.3 is 28.1 Å². The number of ether oxygens (including phenoxy) is 5. The SMILES string of the molecule is CC(=O)O[C@@H]1[C@@H]2OC[C@@]3(C)C2[C@](C)([C@@H](OC(C)=O)C[C@H]3OC(C)=O)[C@H]2C=CO[C@H]3C[C@H](c4ccoc4)C(C)=C3[C@]12C. The molecule has 2 saturated carbocycles. The molecule has 1 aromatic rings. The molecule has 0 N–H and O–H groups in total. The second-order valence-corrected chi connectivity index (χ2v) is 13.2. The van der Waals surface area contributed by atoms with E-state index in [0.29, 0.717) is 13.0 Å². The third kappa shape index (κ3) is 3.87. The molecule has 0 amide bonds. The van der Waals surface area contributed by atoms with Gasteiger partial charge in [0.05, 0.1) is 31.5 Å². The number of fused-ring (bicyclic) bond motifs is 4. The maximum absolute atomic E-state index is 12.8. The first-order valence-corrected chi connectivity index (χ1v) is 14.5. The highest BCUT2D eigenvalue weighted by atomic mass is 16.6. The monoisotopic (exact) mass is 568 g/mol. The van der Waals surface area contributed by atoms with Gasteiger partial charge in [0, 0.05) is 61.2 Å². The van der Waals surface area contributed by atoms with Gasteiger partial charge in [0.1, 0.15) is 24.4 Å². The van der Waals surface area contributed by atoms with Crippen molar-refractivity contribution >= 4 is 17.9 Å². The first-order valence-electron chi connectivity index (χ1n) is 14.5. The minimum absolute atomic E-state index is 0.0833. The summed E-state index contributed by atoms with van der Waals surface area (Å²) < 4.78 is 36.8. The van der Waals surface area contributed by atoms with Gasteiger partial charge in [-0.05, 0) is 36.6 Å². The number of carbonyl (C=O) groups excluding carboxylic acids is 3. The second-order valence-electron chi connectivity index (χ2n) is 13.2. The fraction of sp³-hybridized carbons (Fsp3) is 0.656. The Hall–Kier alpha value is -3.07. The molecule has 0 radical (unpaired) electrons. The van der Waals surface area contributed by atoms with Crippen molar-refractivity contribution in [1.29, 1.82) is 0 Å². The van der Waals surface area contributed by atoms with Crippen LogP contribution in [0, 0.1) is 28.1 Å². The van der Waals surface area contributed by atoms with Crippen LogP contribution in [0.15, 0.2) is 46.5 Å². The molecule has 2 aliphatic heterocycles. The van der Waals surface area contributed by atoms with Crippen molar-refractivity contribution in [2.24, 2.45) is 28.1 Å². The van der Waals surface area contributed by atoms with Crippen molar-refractivity contribution in [3.63, 3.8) is 0 Å². The summed E-state index contributed by atoms with van der Waals surface area (Å²) >= 11 is 0. The molecule has 0 spiro atoms. The van der Waals surface area contributed by atoms with Crippen LogP contribution >= 0.6 is 0 Å². The van der Waals surface area contributed by atoms with Crippen LogP contribution in [0.3, 0.4) is 0 Å². The quantitative estimate of drug-likeness (QED) is 0.286. The Morgan fingerprint density at radius 2 is 1.63 bits per heavy atom. The standard InChI is InChI=1S/C32H40O9/c1-16-21(20-8-10-36-14-20)12-22-26(16)32(7)23(9-11-37-22)31(6)25(40-18(3)34)13-24(39-17(2)33)30(5)15-38-27(28(30)31)29(32)41-19(4)35/h8-11,14,21-25,27-29H,12-13,15H2,1-7H3/t21-,22-,23+,24+,25-,27+,28?,29+,30+,31-,32+/m0/s1. The Morgan fingerprint density at radius 3 is 2.27 bits per heavy atom. The molecule has 3 fully saturated rings. The molecule has 222 valence electrons. The van der Waals surface area contributed by atoms with E-state index < -0.39 is 58.6 Å². The zero-order chi connectivity index (χ0) is 29.5. The summed E-state index contributed by atoms with van der Waals surface area (Å²) in [6.07, 6.45) is 5.84. The molecule has 1 saturated heterocycles. The Morgan fingerprint density at radius 1 is 0.951 bits per heavy atom. The topological polar surface area (TPSA) is 110 Å². The van der Waals surface area contributed by atoms with Gasteiger partial charge in [-0.25, -0.2) is 0 Å². The predicted octanol–water partition coefficient (Wildman–Crippen LogP) is 4.86. The molecule has 0 bridgehead atoms. The fourth-order valence-corrected chi connectivity index (χ4v) is 9.71. The largest absolute Gasteiger partial charge is 0.494 e. The number of furan rings is 1. The molecule has 1 aromatic heterocycles. The van der Waals surface area contributed by atoms with E-state index in [4.69, 9.17) is 28.1 Å². The molecular weight excluding hydrogens is 528 g/mol. The minimum Gasteiger partial charge on any atom is -0.494 e. The van der Waals surface area contributed by atoms with E-state index in [-0.39, 0.29) is 23.9 Å². The summed E-state index contributed by atoms with van der Waals surface area (Å²) in [5.74, 6) is -1.63. The van der Waals surface area contributed by atoms with Crippen LogP contribution in [0.1, 0.15) is 72.8 Å². The molecule has 1 unspecified atom stereocenters. The predicted molar refractivity (Wildman–Crippen MR) is 145 cm³/mol. The van der Waals surface area contributed by atoms with E-state index >= 15 is 0 Å². The lowest BCUT2D eigenvalue weighted by atomic mass is 9.40. The highest BCUT2D eigenvalue weighted by molar-refractivity contribution is 5.68. The lowest BCUT2D eigenvalue weighted by Gasteiger charge is -2.65. The lowest BCUT2D eigenvalue weighted by molar-refractivity contribution is -0.250. The van der Waals surface area contributed by atoms with E-state index in [0.717, 1.165) is 23.1 Å². The average Bonchev–Trinajstić information content (AvgIpc) is 3.58. The molecule has 9 heteroatoms. The van der Waals surface area contributed by atoms with E-state index in [1.807, 2.05) is 6.07 Å². The zero-order valence-electron chi connectivity index (χ0n) is 24.8. The van der Waals surface area contributed by atoms with Crippen molar-refractivity contribution in [3.05, 3.63) is 47.6 Å². The summed E-state index contributed by atoms with van der Waals surface area (Å²) in [6.45, 7) is 13.1. The van der Waals surface area contributed by atoms with E-state index in [1.165, 1.54) is 20.8 Å². The van der Waals surface area contributed by atoms with Crippen LogP contribution in [-0.4, -0.2) is 55.0 Å². The minimum atomic E-state index is -0.750. The van der Waals surface area contributed by atoms with Crippen LogP contribution in [0.4, 0.5) is 0 Å². The summed E-state index contributed by atoms with van der Waals surface area (Å²) in [5, 5.41) is 0. The molecule has 3 heterocycles. The number of allylic oxidation sites excluding steroid dienone is 2. The number of carbonyl (C=O) groups is 3. The fourth-order valence-electron chi connectivity index (χ4n) is 9.71. The van der Waals surface area contributed by atoms with Crippen molar-refractivity contribution in [1.82, 2.24) is 0 Å². The van der Waals surface area contributed by atoms with Crippen molar-refractivity contribution in [2.75, 3.05) is 6.61 Å². The summed E-state index contributed by atoms with van der Waals surface area (Å²) in [5.41, 5.74) is 1.30. The number of hydrogen-bond acceptors (Lipinski definition) is 9. The van der Waals surface area contributed by atoms with Gasteiger partial charge in [0.2, 0.25) is 0 Å². The highest BCUT2D eigenvalue weighted by Gasteiger charge is 2.77. The Balaban J connectivity index is 1.58. The molecule has 0 aromatic carbocycles. The van der Waals surface area contributed by atoms with Gasteiger partial charge in [-0.15, -0.1) is 0 Å². The van der Waals surface area contributed by atoms with Gasteiger partial charge in [0.15, 0.2) is 0 Å². The molecule has 11 atom stereocenters. The number of hydrogen-bond donors (Lipinski definition) is 0. The van der Waals surface area contributed by atoms with Crippen LogP contribution in [0.25, 0.3) is 0 Å². The smallest absolute Gasteiger partial charge is 0.303 e. The molecule has 41 heavy (non-hydrogen) atoms. The Bertz CT molecular complexity index is 1310. The lowest BCUT2D eigenvalue weighted by Crippen LogP contribution is -2.72. The van der Waals surface area contributed by atoms with Crippen molar-refractivity contribution in [3.8, 4) is 0 Å². The molecular formula is C32H40O9. The molecule has 3 aliphatic carbocycles. The van der Waals surface area contributed by atoms with Crippen LogP contribution in [-0.2, 0) is 38.1 Å². The highest BCUT2D eigenvalue weighted by Crippen LogP contribution is 2.72. The maximum atomic E-state index is 12.8. The van der Waals surface area contributed by atoms with Gasteiger partial charge in [0.25, 0.3) is 0 Å². The first kappa shape index (κ1) is 28.1. The average molecular weight is 569 g/mol. The Kier molecular flexibility index (Phi) is 6.49. The Labute approximate surface area is 240 Å². The van der Waals surface area contributed by atoms with Crippen LogP contribution in [0.5, 0.6) is 0 Å². The number of esters is 3. The van der Waals surface area contributed by atoms with E-state index in [9.17, 15) is 14.4 Å². The van der Waals surface area contributed by atoms with Gasteiger partial charge in [-0.3, -0.25) is 14.4 Å². The van der Waals surface area contributed by atoms with Gasteiger partial charge in [-0.2, -0.15) is 0 Å². The van der Waals surface area contributed by atoms with Gasteiger partial charge in [-0.1, -0.05) is 26.3 Å². The van der Waals surface area contributed by atoms with Crippen molar-refractivity contribution < 1.29 is 42.5 Å². The van der Waals surface area contributed by atoms with Gasteiger partial charge >= 0.3 is 17.9 Å². The molecule has 6 rings (SSSR count). The van der Waals surface area contributed by atoms with Crippen molar-refractivity contribution in [2.45, 2.75) is 97.7 Å².